The van der Waals surface area contributed by atoms with Gasteiger partial charge in [-0.05, 0) is 120 Å². The highest BCUT2D eigenvalue weighted by molar-refractivity contribution is 7.85. The smallest absolute Gasteiger partial charge is 0.253 e. The topological polar surface area (TPSA) is 163 Å². The summed E-state index contributed by atoms with van der Waals surface area (Å²) in [6, 6.07) is 25.2. The van der Waals surface area contributed by atoms with Gasteiger partial charge in [-0.1, -0.05) is 99.9 Å². The molecule has 74 heavy (non-hydrogen) atoms. The number of amides is 1. The average Bonchev–Trinajstić information content (AvgIpc) is 3.73. The molecule has 3 aliphatic heterocycles. The van der Waals surface area contributed by atoms with Gasteiger partial charge in [-0.3, -0.25) is 19.3 Å². The number of benzene rings is 3. The molecule has 398 valence electrons. The lowest BCUT2D eigenvalue weighted by Gasteiger charge is -2.27. The number of ether oxygens (including phenoxy) is 1. The molecule has 1 amide bonds. The molecule has 0 atom stereocenters. The zero-order valence-electron chi connectivity index (χ0n) is 44.4. The van der Waals surface area contributed by atoms with Gasteiger partial charge in [0.05, 0.1) is 22.1 Å². The zero-order chi connectivity index (χ0) is 52.6. The second kappa shape index (κ2) is 26.6. The molecular formula is C60H80N6O7S. The molecule has 0 aliphatic carbocycles. The lowest BCUT2D eigenvalue weighted by Crippen LogP contribution is -2.37. The number of unbranched alkanes of at least 4 members (excludes halogenated alkanes) is 6. The molecule has 1 fully saturated rings. The van der Waals surface area contributed by atoms with Crippen LogP contribution in [0.5, 0.6) is 5.75 Å². The first-order chi connectivity index (χ1) is 35.6. The molecule has 0 saturated carbocycles. The summed E-state index contributed by atoms with van der Waals surface area (Å²) in [6.07, 6.45) is 23.0. The molecule has 13 nitrogen and oxygen atoms in total. The predicted molar refractivity (Wildman–Crippen MR) is 300 cm³/mol. The summed E-state index contributed by atoms with van der Waals surface area (Å²) >= 11 is 0. The first kappa shape index (κ1) is 55.9. The van der Waals surface area contributed by atoms with E-state index in [1.807, 2.05) is 24.3 Å². The maximum absolute atomic E-state index is 12.7. The number of rotatable bonds is 30. The third-order valence-corrected chi connectivity index (χ3v) is 15.7. The molecule has 3 heterocycles. The lowest BCUT2D eigenvalue weighted by molar-refractivity contribution is -0.438. The number of anilines is 3. The summed E-state index contributed by atoms with van der Waals surface area (Å²) < 4.78 is 42.2. The summed E-state index contributed by atoms with van der Waals surface area (Å²) in [4.78, 5) is 42.1. The molecule has 0 spiro atoms. The van der Waals surface area contributed by atoms with Crippen LogP contribution in [0.3, 0.4) is 0 Å². The van der Waals surface area contributed by atoms with Crippen LogP contribution in [-0.4, -0.2) is 92.2 Å². The van der Waals surface area contributed by atoms with Crippen molar-refractivity contribution in [3.05, 3.63) is 146 Å². The lowest BCUT2D eigenvalue weighted by atomic mass is 9.81. The Labute approximate surface area is 440 Å². The second-order valence-electron chi connectivity index (χ2n) is 21.3. The Balaban J connectivity index is 0.780. The third kappa shape index (κ3) is 14.9. The van der Waals surface area contributed by atoms with E-state index >= 15 is 0 Å². The van der Waals surface area contributed by atoms with Crippen molar-refractivity contribution in [1.29, 1.82) is 0 Å². The van der Waals surface area contributed by atoms with Gasteiger partial charge in [-0.15, -0.1) is 0 Å². The fourth-order valence-corrected chi connectivity index (χ4v) is 11.4. The van der Waals surface area contributed by atoms with Crippen LogP contribution in [0.15, 0.2) is 118 Å². The highest BCUT2D eigenvalue weighted by atomic mass is 32.2. The molecule has 0 radical (unpaired) electrons. The first-order valence-corrected chi connectivity index (χ1v) is 28.9. The van der Waals surface area contributed by atoms with E-state index in [2.05, 4.69) is 137 Å². The number of nitrogens with zero attached hydrogens (tertiary/aromatic N) is 3. The highest BCUT2D eigenvalue weighted by Gasteiger charge is 2.44. The van der Waals surface area contributed by atoms with Crippen molar-refractivity contribution in [2.24, 2.45) is 0 Å². The number of hydrogen-bond acceptors (Lipinski definition) is 11. The summed E-state index contributed by atoms with van der Waals surface area (Å²) in [5, 5.41) is 9.42. The van der Waals surface area contributed by atoms with E-state index in [0.717, 1.165) is 88.3 Å². The van der Waals surface area contributed by atoms with Crippen molar-refractivity contribution >= 4 is 44.5 Å². The Kier molecular flexibility index (Phi) is 20.1. The highest BCUT2D eigenvalue weighted by Crippen LogP contribution is 2.47. The van der Waals surface area contributed by atoms with Crippen LogP contribution in [0.25, 0.3) is 0 Å². The van der Waals surface area contributed by atoms with Crippen LogP contribution in [0.2, 0.25) is 0 Å². The van der Waals surface area contributed by atoms with Gasteiger partial charge >= 0.3 is 0 Å². The maximum atomic E-state index is 12.7. The van der Waals surface area contributed by atoms with E-state index < -0.39 is 21.0 Å². The van der Waals surface area contributed by atoms with Crippen LogP contribution in [-0.2, 0) is 32.3 Å². The Morgan fingerprint density at radius 1 is 0.730 bits per heavy atom. The van der Waals surface area contributed by atoms with Gasteiger partial charge in [0, 0.05) is 85.8 Å². The molecule has 1 saturated heterocycles. The number of fused-ring (bicyclic) bond motifs is 2. The summed E-state index contributed by atoms with van der Waals surface area (Å²) in [6.45, 7) is 16.0. The molecule has 4 aromatic carbocycles. The number of para-hydroxylation sites is 2. The zero-order valence-corrected chi connectivity index (χ0v) is 45.2. The minimum absolute atomic E-state index is 0.0862. The number of allylic oxidation sites excluding steroid dienone is 6. The number of nitrogens with one attached hydrogen (secondary N) is 3. The number of carbonyl (C=O) groups excluding carboxylic acids is 1. The van der Waals surface area contributed by atoms with Crippen molar-refractivity contribution in [2.45, 2.75) is 135 Å². The van der Waals surface area contributed by atoms with Gasteiger partial charge in [0.1, 0.15) is 23.7 Å². The van der Waals surface area contributed by atoms with Gasteiger partial charge < -0.3 is 30.1 Å². The number of hydrogen-bond donors (Lipinski definition) is 3. The van der Waals surface area contributed by atoms with Crippen LogP contribution < -0.4 is 36.4 Å². The van der Waals surface area contributed by atoms with Gasteiger partial charge in [0.2, 0.25) is 11.6 Å². The summed E-state index contributed by atoms with van der Waals surface area (Å²) in [7, 11) is -4.24. The second-order valence-corrected chi connectivity index (χ2v) is 22.8. The van der Waals surface area contributed by atoms with Gasteiger partial charge in [0.15, 0.2) is 5.71 Å². The number of likely N-dealkylation sites (tertiary alicyclic amines) is 1. The number of piperidine rings is 1. The fraction of sp³-hybridized carbons (Fsp3) is 0.500. The molecule has 0 unspecified atom stereocenters. The van der Waals surface area contributed by atoms with Gasteiger partial charge in [0.25, 0.3) is 10.9 Å². The van der Waals surface area contributed by atoms with E-state index in [1.165, 1.54) is 47.4 Å². The maximum Gasteiger partial charge on any atom is 0.253 e. The summed E-state index contributed by atoms with van der Waals surface area (Å²) in [5.74, 6) is 0.591. The minimum Gasteiger partial charge on any atom is -0.748 e. The Morgan fingerprint density at radius 2 is 1.42 bits per heavy atom. The molecule has 4 aromatic rings. The van der Waals surface area contributed by atoms with Gasteiger partial charge in [-0.2, -0.15) is 4.58 Å². The van der Waals surface area contributed by atoms with Crippen molar-refractivity contribution < 1.29 is 27.1 Å². The molecular weight excluding hydrogens is 949 g/mol. The minimum atomic E-state index is -4.24. The van der Waals surface area contributed by atoms with Crippen molar-refractivity contribution in [1.82, 2.24) is 10.2 Å². The van der Waals surface area contributed by atoms with Gasteiger partial charge in [-0.25, -0.2) is 8.42 Å². The normalized spacial score (nSPS) is 16.9. The van der Waals surface area contributed by atoms with E-state index in [1.54, 1.807) is 0 Å². The van der Waals surface area contributed by atoms with Crippen molar-refractivity contribution in [2.75, 3.05) is 73.7 Å². The Hall–Kier alpha value is -5.83. The van der Waals surface area contributed by atoms with E-state index in [4.69, 9.17) is 4.74 Å². The van der Waals surface area contributed by atoms with Crippen molar-refractivity contribution in [3.63, 3.8) is 0 Å². The van der Waals surface area contributed by atoms with Crippen LogP contribution in [0, 0.1) is 0 Å². The average molecular weight is 1030 g/mol. The van der Waals surface area contributed by atoms with Crippen LogP contribution in [0.4, 0.5) is 22.7 Å². The molecule has 3 aliphatic rings. The van der Waals surface area contributed by atoms with E-state index in [9.17, 15) is 27.4 Å². The monoisotopic (exact) mass is 1030 g/mol. The fourth-order valence-electron chi connectivity index (χ4n) is 10.8. The molecule has 3 N–H and O–H groups in total. The molecule has 0 aromatic heterocycles. The van der Waals surface area contributed by atoms with E-state index in [0.29, 0.717) is 69.8 Å². The van der Waals surface area contributed by atoms with E-state index in [-0.39, 0.29) is 22.5 Å². The Morgan fingerprint density at radius 3 is 2.18 bits per heavy atom. The first-order valence-electron chi connectivity index (χ1n) is 27.3. The SMILES string of the molecule is CC1(C)C(/C=C/C=C/C=C2/N(CCCCS(=O)(=O)[O-])c3ccccc3C2(C)C)=[N+](CCCCCC(=O)NCCCCCCNc2c(NCCCOc3cccc(CN4CCCCC4)c3)c(=O)c2=O)c2ccccc21. The third-order valence-electron chi connectivity index (χ3n) is 14.9. The van der Waals surface area contributed by atoms with Crippen LogP contribution in [0.1, 0.15) is 134 Å². The summed E-state index contributed by atoms with van der Waals surface area (Å²) in [5.41, 5.74) is 7.85. The predicted octanol–water partition coefficient (Wildman–Crippen LogP) is 9.99. The molecule has 0 bridgehead atoms. The molecule has 7 rings (SSSR count). The van der Waals surface area contributed by atoms with Crippen LogP contribution >= 0.6 is 0 Å². The Bertz CT molecular complexity index is 2830. The molecule has 14 heteroatoms. The number of carbonyl (C=O) groups is 1. The van der Waals surface area contributed by atoms with Crippen molar-refractivity contribution in [3.8, 4) is 5.75 Å². The largest absolute Gasteiger partial charge is 0.748 e. The quantitative estimate of drug-likeness (QED) is 0.0150. The standard InChI is InChI=1S/C60H80N6O7S/c1-59(2)48-28-13-15-30-50(48)65(52(59)32-10-7-11-33-53-60(3,4)49-29-14-16-31-51(49)66(53)41-22-23-43-74(70,71)72)40-21-8-12-34-54(67)61-35-17-5-6-18-36-62-55-56(58(69)57(55)68)63-37-25-42-73-47-27-24-26-46(44-47)45-64-38-19-9-20-39-64/h7,10-11,13-16,24,26-33,44H,5-6,8-9,12,17-23,25,34-43,45H2,1-4H3,(H3-,61,62,63,67,68,69,70,71,72).